The molecule has 4 aromatic rings. The number of halogens is 4. The zero-order valence-electron chi connectivity index (χ0n) is 12.9. The van der Waals surface area contributed by atoms with Gasteiger partial charge in [0.05, 0.1) is 11.9 Å². The molecule has 0 amide bonds. The SMILES string of the molecule is Fc1cccc(Cc2nc(-c3n[nH]c(C(F)(F)F)n3)cn3ncnc23)c1. The lowest BCUT2D eigenvalue weighted by molar-refractivity contribution is -0.144. The Morgan fingerprint density at radius 1 is 1.15 bits per heavy atom. The summed E-state index contributed by atoms with van der Waals surface area (Å²) in [7, 11) is 0. The smallest absolute Gasteiger partial charge is 0.255 e. The van der Waals surface area contributed by atoms with Gasteiger partial charge < -0.3 is 0 Å². The number of nitrogens with zero attached hydrogens (tertiary/aromatic N) is 6. The van der Waals surface area contributed by atoms with Crippen LogP contribution in [0.15, 0.2) is 36.8 Å². The maximum Gasteiger partial charge on any atom is 0.451 e. The van der Waals surface area contributed by atoms with E-state index in [1.807, 2.05) is 5.10 Å². The molecule has 0 aliphatic heterocycles. The third kappa shape index (κ3) is 2.98. The summed E-state index contributed by atoms with van der Waals surface area (Å²) in [6.07, 6.45) is -1.77. The van der Waals surface area contributed by atoms with E-state index in [1.165, 1.54) is 29.2 Å². The summed E-state index contributed by atoms with van der Waals surface area (Å²) in [5, 5.41) is 9.39. The van der Waals surface area contributed by atoms with E-state index in [1.54, 1.807) is 12.1 Å². The predicted molar refractivity (Wildman–Crippen MR) is 80.4 cm³/mol. The molecule has 3 heterocycles. The van der Waals surface area contributed by atoms with Crippen LogP contribution >= 0.6 is 0 Å². The van der Waals surface area contributed by atoms with E-state index in [0.29, 0.717) is 16.9 Å². The Balaban J connectivity index is 1.78. The van der Waals surface area contributed by atoms with Crippen molar-refractivity contribution in [2.45, 2.75) is 12.6 Å². The van der Waals surface area contributed by atoms with Crippen molar-refractivity contribution >= 4 is 5.65 Å². The van der Waals surface area contributed by atoms with Gasteiger partial charge in [-0.25, -0.2) is 23.9 Å². The van der Waals surface area contributed by atoms with Gasteiger partial charge >= 0.3 is 6.18 Å². The summed E-state index contributed by atoms with van der Waals surface area (Å²) in [5.41, 5.74) is 1.53. The molecular weight excluding hydrogens is 354 g/mol. The Bertz CT molecular complexity index is 1080. The van der Waals surface area contributed by atoms with Crippen molar-refractivity contribution in [3.05, 3.63) is 59.7 Å². The van der Waals surface area contributed by atoms with Crippen LogP contribution in [-0.2, 0) is 12.6 Å². The van der Waals surface area contributed by atoms with E-state index in [0.717, 1.165) is 0 Å². The summed E-state index contributed by atoms with van der Waals surface area (Å²) in [6, 6.07) is 5.92. The van der Waals surface area contributed by atoms with Gasteiger partial charge in [-0.05, 0) is 17.7 Å². The maximum atomic E-state index is 13.4. The van der Waals surface area contributed by atoms with Crippen molar-refractivity contribution in [3.63, 3.8) is 0 Å². The number of hydrogen-bond acceptors (Lipinski definition) is 5. The first kappa shape index (κ1) is 16.1. The van der Waals surface area contributed by atoms with Crippen LogP contribution in [0.3, 0.4) is 0 Å². The lowest BCUT2D eigenvalue weighted by atomic mass is 10.1. The standard InChI is InChI=1S/C15H9F4N7/c16-9-3-1-2-8(4-9)5-10-13-20-7-21-26(13)6-11(22-10)12-23-14(25-24-12)15(17,18)19/h1-4,6-7H,5H2,(H,23,24,25). The fourth-order valence-electron chi connectivity index (χ4n) is 2.46. The predicted octanol–water partition coefficient (Wildman–Crippen LogP) is 2.66. The highest BCUT2D eigenvalue weighted by molar-refractivity contribution is 5.54. The van der Waals surface area contributed by atoms with Gasteiger partial charge in [-0.2, -0.15) is 23.4 Å². The molecule has 0 spiro atoms. The van der Waals surface area contributed by atoms with Gasteiger partial charge in [-0.3, -0.25) is 5.10 Å². The largest absolute Gasteiger partial charge is 0.451 e. The zero-order valence-corrected chi connectivity index (χ0v) is 12.9. The Kier molecular flexibility index (Phi) is 3.63. The molecular formula is C15H9F4N7. The van der Waals surface area contributed by atoms with Gasteiger partial charge in [-0.15, -0.1) is 0 Å². The molecule has 4 rings (SSSR count). The molecule has 0 atom stereocenters. The van der Waals surface area contributed by atoms with Gasteiger partial charge in [-0.1, -0.05) is 12.1 Å². The van der Waals surface area contributed by atoms with E-state index < -0.39 is 17.8 Å². The van der Waals surface area contributed by atoms with Gasteiger partial charge in [0.2, 0.25) is 11.6 Å². The van der Waals surface area contributed by atoms with E-state index in [2.05, 4.69) is 25.1 Å². The molecule has 0 saturated heterocycles. The molecule has 26 heavy (non-hydrogen) atoms. The minimum absolute atomic E-state index is 0.0844. The molecule has 0 aliphatic rings. The van der Waals surface area contributed by atoms with E-state index in [4.69, 9.17) is 0 Å². The summed E-state index contributed by atoms with van der Waals surface area (Å²) in [4.78, 5) is 11.8. The van der Waals surface area contributed by atoms with Crippen LogP contribution in [0.25, 0.3) is 17.2 Å². The van der Waals surface area contributed by atoms with Crippen molar-refractivity contribution in [1.29, 1.82) is 0 Å². The average molecular weight is 363 g/mol. The first-order valence-electron chi connectivity index (χ1n) is 7.34. The molecule has 3 aromatic heterocycles. The topological polar surface area (TPSA) is 84.7 Å². The molecule has 7 nitrogen and oxygen atoms in total. The van der Waals surface area contributed by atoms with Crippen molar-refractivity contribution in [2.24, 2.45) is 0 Å². The Morgan fingerprint density at radius 2 is 2.00 bits per heavy atom. The number of nitrogens with one attached hydrogen (secondary N) is 1. The number of aromatic nitrogens is 7. The minimum atomic E-state index is -4.65. The Labute approximate surface area is 142 Å². The Morgan fingerprint density at radius 3 is 2.73 bits per heavy atom. The van der Waals surface area contributed by atoms with Crippen LogP contribution in [0.5, 0.6) is 0 Å². The number of rotatable bonds is 3. The van der Waals surface area contributed by atoms with Crippen LogP contribution < -0.4 is 0 Å². The first-order chi connectivity index (χ1) is 12.4. The summed E-state index contributed by atoms with van der Waals surface area (Å²) >= 11 is 0. The van der Waals surface area contributed by atoms with Crippen LogP contribution in [0.2, 0.25) is 0 Å². The third-order valence-corrected chi connectivity index (χ3v) is 3.57. The molecule has 1 aromatic carbocycles. The number of aromatic amines is 1. The van der Waals surface area contributed by atoms with Crippen molar-refractivity contribution in [3.8, 4) is 11.5 Å². The highest BCUT2D eigenvalue weighted by Gasteiger charge is 2.35. The van der Waals surface area contributed by atoms with Gasteiger partial charge in [0.25, 0.3) is 0 Å². The number of benzene rings is 1. The van der Waals surface area contributed by atoms with Gasteiger partial charge in [0, 0.05) is 6.42 Å². The minimum Gasteiger partial charge on any atom is -0.255 e. The second kappa shape index (κ2) is 5.86. The molecule has 132 valence electrons. The molecule has 0 radical (unpaired) electrons. The van der Waals surface area contributed by atoms with Crippen molar-refractivity contribution in [2.75, 3.05) is 0 Å². The van der Waals surface area contributed by atoms with E-state index in [-0.39, 0.29) is 17.9 Å². The summed E-state index contributed by atoms with van der Waals surface area (Å²) in [6.45, 7) is 0. The average Bonchev–Trinajstić information content (AvgIpc) is 3.24. The van der Waals surface area contributed by atoms with E-state index in [9.17, 15) is 17.6 Å². The number of H-pyrrole nitrogens is 1. The fourth-order valence-corrected chi connectivity index (χ4v) is 2.46. The maximum absolute atomic E-state index is 13.4. The quantitative estimate of drug-likeness (QED) is 0.566. The van der Waals surface area contributed by atoms with Crippen molar-refractivity contribution in [1.82, 2.24) is 34.8 Å². The number of fused-ring (bicyclic) bond motifs is 1. The van der Waals surface area contributed by atoms with Crippen LogP contribution in [0.1, 0.15) is 17.1 Å². The number of hydrogen-bond donors (Lipinski definition) is 1. The second-order valence-corrected chi connectivity index (χ2v) is 5.41. The molecule has 1 N–H and O–H groups in total. The van der Waals surface area contributed by atoms with Gasteiger partial charge in [0.15, 0.2) is 5.65 Å². The molecule has 0 fully saturated rings. The Hall–Kier alpha value is -3.37. The lowest BCUT2D eigenvalue weighted by Gasteiger charge is -2.05. The van der Waals surface area contributed by atoms with Crippen molar-refractivity contribution < 1.29 is 17.6 Å². The highest BCUT2D eigenvalue weighted by atomic mass is 19.4. The molecule has 0 saturated carbocycles. The van der Waals surface area contributed by atoms with Crippen LogP contribution in [-0.4, -0.2) is 34.8 Å². The fraction of sp³-hybridized carbons (Fsp3) is 0.133. The summed E-state index contributed by atoms with van der Waals surface area (Å²) in [5.74, 6) is -1.85. The normalized spacial score (nSPS) is 12.0. The molecule has 0 aliphatic carbocycles. The molecule has 0 unspecified atom stereocenters. The molecule has 11 heteroatoms. The first-order valence-corrected chi connectivity index (χ1v) is 7.34. The molecule has 0 bridgehead atoms. The van der Waals surface area contributed by atoms with Crippen LogP contribution in [0.4, 0.5) is 17.6 Å². The monoisotopic (exact) mass is 363 g/mol. The summed E-state index contributed by atoms with van der Waals surface area (Å²) < 4.78 is 52.9. The third-order valence-electron chi connectivity index (χ3n) is 3.57. The van der Waals surface area contributed by atoms with E-state index >= 15 is 0 Å². The van der Waals surface area contributed by atoms with Crippen LogP contribution in [0, 0.1) is 5.82 Å². The highest BCUT2D eigenvalue weighted by Crippen LogP contribution is 2.27. The second-order valence-electron chi connectivity index (χ2n) is 5.41. The lowest BCUT2D eigenvalue weighted by Crippen LogP contribution is -2.07. The number of alkyl halides is 3. The zero-order chi connectivity index (χ0) is 18.3. The van der Waals surface area contributed by atoms with Gasteiger partial charge in [0.1, 0.15) is 17.8 Å².